The van der Waals surface area contributed by atoms with E-state index in [-0.39, 0.29) is 22.7 Å². The minimum Gasteiger partial charge on any atom is -0.358 e. The molecule has 0 aliphatic carbocycles. The third-order valence-corrected chi connectivity index (χ3v) is 3.78. The SMILES string of the molecule is Cc1ccccc1C(=O)Cn1c(C)nc([N+](=O)[O-])c1Br. The van der Waals surface area contributed by atoms with Gasteiger partial charge < -0.3 is 10.1 Å². The smallest absolute Gasteiger partial charge is 0.358 e. The number of nitro groups is 1. The summed E-state index contributed by atoms with van der Waals surface area (Å²) in [6.07, 6.45) is 0. The molecule has 0 saturated heterocycles. The van der Waals surface area contributed by atoms with E-state index in [1.54, 1.807) is 19.1 Å². The van der Waals surface area contributed by atoms with Crippen molar-refractivity contribution in [3.05, 3.63) is 55.9 Å². The molecule has 0 spiro atoms. The molecule has 1 aromatic carbocycles. The molecule has 0 bridgehead atoms. The van der Waals surface area contributed by atoms with Gasteiger partial charge in [-0.1, -0.05) is 24.3 Å². The van der Waals surface area contributed by atoms with Gasteiger partial charge >= 0.3 is 5.82 Å². The average molecular weight is 338 g/mol. The van der Waals surface area contributed by atoms with Crippen LogP contribution in [0.1, 0.15) is 21.7 Å². The summed E-state index contributed by atoms with van der Waals surface area (Å²) in [5.74, 6) is 0.0322. The van der Waals surface area contributed by atoms with E-state index in [2.05, 4.69) is 20.9 Å². The minimum atomic E-state index is -0.578. The number of halogens is 1. The lowest BCUT2D eigenvalue weighted by atomic mass is 10.1. The zero-order valence-corrected chi connectivity index (χ0v) is 12.5. The van der Waals surface area contributed by atoms with Crippen molar-refractivity contribution in [1.29, 1.82) is 0 Å². The highest BCUT2D eigenvalue weighted by Gasteiger charge is 2.25. The second-order valence-corrected chi connectivity index (χ2v) is 5.11. The molecule has 0 atom stereocenters. The van der Waals surface area contributed by atoms with Gasteiger partial charge in [0.05, 0.1) is 6.54 Å². The molecule has 1 aromatic heterocycles. The Kier molecular flexibility index (Phi) is 3.99. The first-order valence-corrected chi connectivity index (χ1v) is 6.67. The van der Waals surface area contributed by atoms with Crippen LogP contribution in [-0.4, -0.2) is 20.3 Å². The van der Waals surface area contributed by atoms with E-state index < -0.39 is 4.92 Å². The Labute approximate surface area is 123 Å². The predicted molar refractivity (Wildman–Crippen MR) is 76.8 cm³/mol. The van der Waals surface area contributed by atoms with Crippen molar-refractivity contribution in [2.45, 2.75) is 20.4 Å². The summed E-state index contributed by atoms with van der Waals surface area (Å²) in [5.41, 5.74) is 1.48. The zero-order valence-electron chi connectivity index (χ0n) is 11.0. The van der Waals surface area contributed by atoms with Crippen LogP contribution in [0.5, 0.6) is 0 Å². The van der Waals surface area contributed by atoms with Crippen molar-refractivity contribution in [1.82, 2.24) is 9.55 Å². The average Bonchev–Trinajstić information content (AvgIpc) is 2.67. The number of benzene rings is 1. The van der Waals surface area contributed by atoms with Crippen LogP contribution in [0.4, 0.5) is 5.82 Å². The van der Waals surface area contributed by atoms with Crippen molar-refractivity contribution in [3.8, 4) is 0 Å². The van der Waals surface area contributed by atoms with Crippen molar-refractivity contribution in [2.75, 3.05) is 0 Å². The number of rotatable bonds is 4. The number of carbonyl (C=O) groups is 1. The lowest BCUT2D eigenvalue weighted by Gasteiger charge is -2.06. The number of aromatic nitrogens is 2. The normalized spacial score (nSPS) is 10.6. The van der Waals surface area contributed by atoms with Gasteiger partial charge in [-0.3, -0.25) is 9.36 Å². The number of nitrogens with zero attached hydrogens (tertiary/aromatic N) is 3. The Balaban J connectivity index is 2.34. The molecule has 7 heteroatoms. The van der Waals surface area contributed by atoms with Crippen LogP contribution in [0.2, 0.25) is 0 Å². The molecule has 0 aliphatic rings. The first-order valence-electron chi connectivity index (χ1n) is 5.87. The van der Waals surface area contributed by atoms with Gasteiger partial charge in [-0.05, 0) is 38.3 Å². The Bertz CT molecular complexity index is 694. The molecule has 2 rings (SSSR count). The Morgan fingerprint density at radius 3 is 2.60 bits per heavy atom. The number of ketones is 1. The molecule has 0 amide bonds. The first kappa shape index (κ1) is 14.4. The van der Waals surface area contributed by atoms with Crippen LogP contribution in [0.3, 0.4) is 0 Å². The highest BCUT2D eigenvalue weighted by atomic mass is 79.9. The third-order valence-electron chi connectivity index (χ3n) is 3.00. The van der Waals surface area contributed by atoms with E-state index in [9.17, 15) is 14.9 Å². The van der Waals surface area contributed by atoms with E-state index in [4.69, 9.17) is 0 Å². The molecular weight excluding hydrogens is 326 g/mol. The highest BCUT2D eigenvalue weighted by Crippen LogP contribution is 2.25. The molecule has 2 aromatic rings. The van der Waals surface area contributed by atoms with E-state index in [1.807, 2.05) is 19.1 Å². The molecule has 0 fully saturated rings. The molecule has 0 unspecified atom stereocenters. The Morgan fingerprint density at radius 2 is 2.05 bits per heavy atom. The summed E-state index contributed by atoms with van der Waals surface area (Å²) < 4.78 is 1.70. The summed E-state index contributed by atoms with van der Waals surface area (Å²) in [5, 5.41) is 10.8. The fraction of sp³-hybridized carbons (Fsp3) is 0.231. The molecule has 20 heavy (non-hydrogen) atoms. The van der Waals surface area contributed by atoms with E-state index in [0.29, 0.717) is 11.4 Å². The van der Waals surface area contributed by atoms with Crippen LogP contribution in [-0.2, 0) is 6.54 Å². The minimum absolute atomic E-state index is 0.0120. The van der Waals surface area contributed by atoms with Crippen LogP contribution in [0.15, 0.2) is 28.9 Å². The van der Waals surface area contributed by atoms with Crippen LogP contribution < -0.4 is 0 Å². The van der Waals surface area contributed by atoms with Crippen molar-refractivity contribution >= 4 is 27.5 Å². The van der Waals surface area contributed by atoms with Crippen LogP contribution in [0.25, 0.3) is 0 Å². The maximum absolute atomic E-state index is 12.3. The molecule has 1 heterocycles. The lowest BCUT2D eigenvalue weighted by molar-refractivity contribution is -0.390. The maximum Gasteiger partial charge on any atom is 0.396 e. The van der Waals surface area contributed by atoms with Crippen LogP contribution in [0, 0.1) is 24.0 Å². The van der Waals surface area contributed by atoms with Crippen molar-refractivity contribution < 1.29 is 9.72 Å². The Morgan fingerprint density at radius 1 is 1.40 bits per heavy atom. The first-order chi connectivity index (χ1) is 9.41. The summed E-state index contributed by atoms with van der Waals surface area (Å²) >= 11 is 3.13. The monoisotopic (exact) mass is 337 g/mol. The van der Waals surface area contributed by atoms with Gasteiger partial charge in [-0.25, -0.2) is 0 Å². The van der Waals surface area contributed by atoms with Crippen LogP contribution >= 0.6 is 15.9 Å². The van der Waals surface area contributed by atoms with E-state index >= 15 is 0 Å². The standard InChI is InChI=1S/C13H12BrN3O3/c1-8-5-3-4-6-10(8)11(18)7-16-9(2)15-13(12(16)14)17(19)20/h3-6H,7H2,1-2H3. The topological polar surface area (TPSA) is 78.0 Å². The summed E-state index contributed by atoms with van der Waals surface area (Å²) in [7, 11) is 0. The molecule has 104 valence electrons. The summed E-state index contributed by atoms with van der Waals surface area (Å²) in [4.78, 5) is 26.4. The van der Waals surface area contributed by atoms with E-state index in [0.717, 1.165) is 5.56 Å². The molecule has 6 nitrogen and oxygen atoms in total. The van der Waals surface area contributed by atoms with Gasteiger partial charge in [0, 0.05) is 12.5 Å². The number of carbonyl (C=O) groups excluding carboxylic acids is 1. The predicted octanol–water partition coefficient (Wildman–Crippen LogP) is 3.05. The summed E-state index contributed by atoms with van der Waals surface area (Å²) in [6, 6.07) is 7.24. The van der Waals surface area contributed by atoms with Gasteiger partial charge in [0.15, 0.2) is 10.4 Å². The number of aryl methyl sites for hydroxylation is 2. The molecule has 0 N–H and O–H groups in total. The highest BCUT2D eigenvalue weighted by molar-refractivity contribution is 9.10. The van der Waals surface area contributed by atoms with Crippen molar-refractivity contribution in [3.63, 3.8) is 0 Å². The number of hydrogen-bond donors (Lipinski definition) is 0. The number of Topliss-reactive ketones (excluding diaryl/α,β-unsaturated/α-hetero) is 1. The van der Waals surface area contributed by atoms with Gasteiger partial charge in [-0.2, -0.15) is 0 Å². The molecule has 0 radical (unpaired) electrons. The fourth-order valence-electron chi connectivity index (χ4n) is 1.94. The van der Waals surface area contributed by atoms with Gasteiger partial charge in [0.1, 0.15) is 0 Å². The maximum atomic E-state index is 12.3. The second kappa shape index (κ2) is 5.54. The van der Waals surface area contributed by atoms with Gasteiger partial charge in [0.2, 0.25) is 5.82 Å². The van der Waals surface area contributed by atoms with Crippen molar-refractivity contribution in [2.24, 2.45) is 0 Å². The second-order valence-electron chi connectivity index (χ2n) is 4.35. The lowest BCUT2D eigenvalue weighted by Crippen LogP contribution is -2.13. The molecule has 0 saturated carbocycles. The van der Waals surface area contributed by atoms with Gasteiger partial charge in [0.25, 0.3) is 0 Å². The molecular formula is C13H12BrN3O3. The fourth-order valence-corrected chi connectivity index (χ4v) is 2.55. The quantitative estimate of drug-likeness (QED) is 0.488. The largest absolute Gasteiger partial charge is 0.396 e. The Hall–Kier alpha value is -2.02. The third kappa shape index (κ3) is 2.62. The summed E-state index contributed by atoms with van der Waals surface area (Å²) in [6.45, 7) is 3.49. The van der Waals surface area contributed by atoms with Gasteiger partial charge in [-0.15, -0.1) is 0 Å². The van der Waals surface area contributed by atoms with E-state index in [1.165, 1.54) is 4.57 Å². The number of hydrogen-bond acceptors (Lipinski definition) is 4. The molecule has 0 aliphatic heterocycles. The number of imidazole rings is 1. The zero-order chi connectivity index (χ0) is 14.9.